The summed E-state index contributed by atoms with van der Waals surface area (Å²) in [4.78, 5) is 33.9. The van der Waals surface area contributed by atoms with Gasteiger partial charge in [0.2, 0.25) is 5.91 Å². The Morgan fingerprint density at radius 2 is 2.10 bits per heavy atom. The maximum absolute atomic E-state index is 12.5. The number of nitrogens with one attached hydrogen (secondary N) is 2. The molecule has 2 N–H and O–H groups in total. The van der Waals surface area contributed by atoms with Crippen molar-refractivity contribution >= 4 is 28.3 Å². The van der Waals surface area contributed by atoms with E-state index in [2.05, 4.69) is 26.7 Å². The summed E-state index contributed by atoms with van der Waals surface area (Å²) in [6.45, 7) is 4.06. The van der Waals surface area contributed by atoms with Crippen LogP contribution < -0.4 is 10.6 Å². The van der Waals surface area contributed by atoms with Gasteiger partial charge in [0.25, 0.3) is 5.91 Å². The number of carbonyl (C=O) groups excluding carboxylic acids is 2. The van der Waals surface area contributed by atoms with E-state index in [-0.39, 0.29) is 19.1 Å². The maximum Gasteiger partial charge on any atom is 0.253 e. The SMILES string of the molecule is Cc1cccc(-c2csc(NC(=O)C(C)NC(=O)c3ccn(C4(C#N)COC4)c3)n2)n1. The molecule has 4 heterocycles. The summed E-state index contributed by atoms with van der Waals surface area (Å²) in [7, 11) is 0. The Morgan fingerprint density at radius 3 is 2.77 bits per heavy atom. The third-order valence-electron chi connectivity index (χ3n) is 4.97. The van der Waals surface area contributed by atoms with Gasteiger partial charge in [0.15, 0.2) is 10.7 Å². The molecule has 0 bridgehead atoms. The Balaban J connectivity index is 1.36. The van der Waals surface area contributed by atoms with Gasteiger partial charge in [-0.15, -0.1) is 11.3 Å². The molecule has 1 atom stereocenters. The minimum absolute atomic E-state index is 0.284. The number of thiazole rings is 1. The zero-order valence-electron chi connectivity index (χ0n) is 17.0. The number of hydrogen-bond donors (Lipinski definition) is 2. The van der Waals surface area contributed by atoms with Gasteiger partial charge in [0.1, 0.15) is 11.7 Å². The fourth-order valence-corrected chi connectivity index (χ4v) is 3.76. The van der Waals surface area contributed by atoms with Crippen molar-refractivity contribution in [3.05, 3.63) is 53.3 Å². The largest absolute Gasteiger partial charge is 0.374 e. The van der Waals surface area contributed by atoms with Gasteiger partial charge in [0.05, 0.1) is 30.5 Å². The van der Waals surface area contributed by atoms with Gasteiger partial charge < -0.3 is 19.9 Å². The summed E-state index contributed by atoms with van der Waals surface area (Å²) in [5, 5.41) is 17.0. The average Bonchev–Trinajstić information content (AvgIpc) is 3.38. The van der Waals surface area contributed by atoms with Crippen LogP contribution in [0, 0.1) is 18.3 Å². The topological polar surface area (TPSA) is 122 Å². The van der Waals surface area contributed by atoms with E-state index >= 15 is 0 Å². The lowest BCUT2D eigenvalue weighted by atomic mass is 10.00. The van der Waals surface area contributed by atoms with E-state index < -0.39 is 17.5 Å². The predicted molar refractivity (Wildman–Crippen MR) is 114 cm³/mol. The summed E-state index contributed by atoms with van der Waals surface area (Å²) in [5.74, 6) is -0.787. The molecular formula is C21H20N6O3S. The normalized spacial score (nSPS) is 15.4. The number of amides is 2. The average molecular weight is 436 g/mol. The molecule has 2 amide bonds. The third kappa shape index (κ3) is 4.19. The highest BCUT2D eigenvalue weighted by molar-refractivity contribution is 7.14. The number of anilines is 1. The fourth-order valence-electron chi connectivity index (χ4n) is 3.06. The molecule has 1 saturated heterocycles. The highest BCUT2D eigenvalue weighted by Gasteiger charge is 2.40. The number of nitriles is 1. The van der Waals surface area contributed by atoms with Crippen LogP contribution >= 0.6 is 11.3 Å². The smallest absolute Gasteiger partial charge is 0.253 e. The van der Waals surface area contributed by atoms with Crippen LogP contribution in [0.3, 0.4) is 0 Å². The first-order valence-electron chi connectivity index (χ1n) is 9.59. The van der Waals surface area contributed by atoms with Crippen molar-refractivity contribution in [3.63, 3.8) is 0 Å². The lowest BCUT2D eigenvalue weighted by molar-refractivity contribution is -0.117. The summed E-state index contributed by atoms with van der Waals surface area (Å²) in [6, 6.07) is 8.70. The maximum atomic E-state index is 12.5. The summed E-state index contributed by atoms with van der Waals surface area (Å²) < 4.78 is 6.81. The standard InChI is InChI=1S/C21H20N6O3S/c1-13-4-3-5-16(23-13)17-9-31-20(25-17)26-18(28)14(2)24-19(29)15-6-7-27(8-15)21(10-22)11-30-12-21/h3-9,14H,11-12H2,1-2H3,(H,24,29)(H,25,26,28). The van der Waals surface area contributed by atoms with Crippen molar-refractivity contribution < 1.29 is 14.3 Å². The van der Waals surface area contributed by atoms with E-state index in [1.165, 1.54) is 11.3 Å². The first-order valence-corrected chi connectivity index (χ1v) is 10.5. The van der Waals surface area contributed by atoms with Crippen LogP contribution in [-0.4, -0.2) is 45.6 Å². The minimum atomic E-state index is -0.780. The predicted octanol–water partition coefficient (Wildman–Crippen LogP) is 2.32. The summed E-state index contributed by atoms with van der Waals surface area (Å²) in [5.41, 5.74) is 1.88. The second kappa shape index (κ2) is 8.29. The fraction of sp³-hybridized carbons (Fsp3) is 0.286. The molecule has 0 spiro atoms. The minimum Gasteiger partial charge on any atom is -0.374 e. The lowest BCUT2D eigenvalue weighted by Gasteiger charge is -2.36. The molecule has 0 aromatic carbocycles. The molecule has 4 rings (SSSR count). The number of nitrogens with zero attached hydrogens (tertiary/aromatic N) is 4. The number of rotatable bonds is 6. The van der Waals surface area contributed by atoms with Crippen molar-refractivity contribution in [3.8, 4) is 17.5 Å². The van der Waals surface area contributed by atoms with E-state index in [1.54, 1.807) is 30.0 Å². The summed E-state index contributed by atoms with van der Waals surface area (Å²) in [6.07, 6.45) is 3.26. The van der Waals surface area contributed by atoms with Crippen LogP contribution in [0.1, 0.15) is 23.0 Å². The van der Waals surface area contributed by atoms with Crippen LogP contribution in [0.2, 0.25) is 0 Å². The molecule has 1 aliphatic rings. The number of pyridine rings is 1. The molecule has 1 aliphatic heterocycles. The molecular weight excluding hydrogens is 416 g/mol. The van der Waals surface area contributed by atoms with Crippen LogP contribution in [0.5, 0.6) is 0 Å². The monoisotopic (exact) mass is 436 g/mol. The van der Waals surface area contributed by atoms with E-state index in [0.29, 0.717) is 16.4 Å². The Bertz CT molecular complexity index is 1170. The van der Waals surface area contributed by atoms with Gasteiger partial charge >= 0.3 is 0 Å². The quantitative estimate of drug-likeness (QED) is 0.612. The van der Waals surface area contributed by atoms with Crippen molar-refractivity contribution in [2.45, 2.75) is 25.4 Å². The zero-order chi connectivity index (χ0) is 22.0. The van der Waals surface area contributed by atoms with Crippen molar-refractivity contribution in [1.29, 1.82) is 5.26 Å². The van der Waals surface area contributed by atoms with E-state index in [1.807, 2.05) is 30.5 Å². The van der Waals surface area contributed by atoms with Gasteiger partial charge in [-0.05, 0) is 32.0 Å². The van der Waals surface area contributed by atoms with Gasteiger partial charge in [-0.1, -0.05) is 6.07 Å². The Hall–Kier alpha value is -3.55. The first kappa shape index (κ1) is 20.7. The molecule has 3 aromatic rings. The molecule has 3 aromatic heterocycles. The molecule has 1 unspecified atom stereocenters. The van der Waals surface area contributed by atoms with Crippen molar-refractivity contribution in [2.75, 3.05) is 18.5 Å². The molecule has 0 aliphatic carbocycles. The van der Waals surface area contributed by atoms with E-state index in [9.17, 15) is 14.9 Å². The number of ether oxygens (including phenoxy) is 1. The number of aromatic nitrogens is 3. The van der Waals surface area contributed by atoms with Gasteiger partial charge in [-0.25, -0.2) is 4.98 Å². The summed E-state index contributed by atoms with van der Waals surface area (Å²) >= 11 is 1.29. The van der Waals surface area contributed by atoms with Crippen LogP contribution in [0.25, 0.3) is 11.4 Å². The Labute approximate surface area is 182 Å². The molecule has 0 saturated carbocycles. The van der Waals surface area contributed by atoms with Crippen molar-refractivity contribution in [1.82, 2.24) is 19.9 Å². The molecule has 10 heteroatoms. The number of carbonyl (C=O) groups is 2. The van der Waals surface area contributed by atoms with Crippen molar-refractivity contribution in [2.24, 2.45) is 0 Å². The second-order valence-electron chi connectivity index (χ2n) is 7.33. The highest BCUT2D eigenvalue weighted by Crippen LogP contribution is 2.26. The van der Waals surface area contributed by atoms with Crippen LogP contribution in [0.4, 0.5) is 5.13 Å². The third-order valence-corrected chi connectivity index (χ3v) is 5.72. The van der Waals surface area contributed by atoms with Crippen LogP contribution in [-0.2, 0) is 15.1 Å². The molecule has 0 radical (unpaired) electrons. The Kier molecular flexibility index (Phi) is 5.54. The molecule has 1 fully saturated rings. The zero-order valence-corrected chi connectivity index (χ0v) is 17.8. The molecule has 9 nitrogen and oxygen atoms in total. The molecule has 158 valence electrons. The first-order chi connectivity index (χ1) is 14.9. The van der Waals surface area contributed by atoms with E-state index in [0.717, 1.165) is 11.4 Å². The van der Waals surface area contributed by atoms with Crippen LogP contribution in [0.15, 0.2) is 42.0 Å². The number of aryl methyl sites for hydroxylation is 1. The highest BCUT2D eigenvalue weighted by atomic mass is 32.1. The Morgan fingerprint density at radius 1 is 1.29 bits per heavy atom. The second-order valence-corrected chi connectivity index (χ2v) is 8.19. The van der Waals surface area contributed by atoms with Gasteiger partial charge in [-0.3, -0.25) is 14.6 Å². The van der Waals surface area contributed by atoms with E-state index in [4.69, 9.17) is 4.74 Å². The number of hydrogen-bond acceptors (Lipinski definition) is 7. The van der Waals surface area contributed by atoms with Gasteiger partial charge in [-0.2, -0.15) is 5.26 Å². The molecule has 31 heavy (non-hydrogen) atoms. The van der Waals surface area contributed by atoms with Gasteiger partial charge in [0, 0.05) is 23.5 Å². The lowest BCUT2D eigenvalue weighted by Crippen LogP contribution is -2.50.